The third-order valence-electron chi connectivity index (χ3n) is 3.89. The molecule has 0 saturated heterocycles. The molecule has 1 aliphatic rings. The molecule has 0 radical (unpaired) electrons. The summed E-state index contributed by atoms with van der Waals surface area (Å²) in [4.78, 5) is 2.46. The molecular formula is C17H26ClNO. The fourth-order valence-corrected chi connectivity index (χ4v) is 2.79. The summed E-state index contributed by atoms with van der Waals surface area (Å²) < 4.78 is 0. The second-order valence-corrected chi connectivity index (χ2v) is 5.37. The Morgan fingerprint density at radius 2 is 1.95 bits per heavy atom. The molecule has 1 atom stereocenters. The Morgan fingerprint density at radius 3 is 2.60 bits per heavy atom. The van der Waals surface area contributed by atoms with Gasteiger partial charge in [0.25, 0.3) is 0 Å². The van der Waals surface area contributed by atoms with Crippen LogP contribution >= 0.6 is 12.4 Å². The van der Waals surface area contributed by atoms with Gasteiger partial charge in [0.2, 0.25) is 0 Å². The van der Waals surface area contributed by atoms with Gasteiger partial charge in [0, 0.05) is 19.0 Å². The second-order valence-electron chi connectivity index (χ2n) is 5.37. The smallest absolute Gasteiger partial charge is 0.0512 e. The molecule has 2 nitrogen and oxygen atoms in total. The largest absolute Gasteiger partial charge is 0.396 e. The van der Waals surface area contributed by atoms with Crippen LogP contribution in [0.2, 0.25) is 0 Å². The van der Waals surface area contributed by atoms with Crippen molar-refractivity contribution in [1.82, 2.24) is 4.90 Å². The maximum Gasteiger partial charge on any atom is 0.0512 e. The first-order valence-corrected chi connectivity index (χ1v) is 7.43. The first-order chi connectivity index (χ1) is 9.35. The van der Waals surface area contributed by atoms with Crippen molar-refractivity contribution in [2.45, 2.75) is 26.2 Å². The number of hydrogen-bond donors (Lipinski definition) is 1. The van der Waals surface area contributed by atoms with E-state index in [2.05, 4.69) is 42.2 Å². The van der Waals surface area contributed by atoms with Crippen LogP contribution in [-0.4, -0.2) is 36.2 Å². The molecule has 0 amide bonds. The molecule has 0 fully saturated rings. The minimum absolute atomic E-state index is 0. The average molecular weight is 296 g/mol. The normalized spacial score (nSPS) is 19.3. The molecule has 1 N–H and O–H groups in total. The highest BCUT2D eigenvalue weighted by atomic mass is 35.5. The van der Waals surface area contributed by atoms with Gasteiger partial charge in [0.1, 0.15) is 0 Å². The Hall–Kier alpha value is -0.830. The highest BCUT2D eigenvalue weighted by Gasteiger charge is 2.22. The Bertz CT molecular complexity index is 405. The number of benzene rings is 1. The van der Waals surface area contributed by atoms with Crippen molar-refractivity contribution in [2.24, 2.45) is 5.92 Å². The Labute approximate surface area is 128 Å². The van der Waals surface area contributed by atoms with E-state index in [0.29, 0.717) is 0 Å². The van der Waals surface area contributed by atoms with E-state index in [1.165, 1.54) is 30.4 Å². The highest BCUT2D eigenvalue weighted by molar-refractivity contribution is 5.85. The predicted molar refractivity (Wildman–Crippen MR) is 88.2 cm³/mol. The van der Waals surface area contributed by atoms with Crippen molar-refractivity contribution in [3.8, 4) is 0 Å². The first-order valence-electron chi connectivity index (χ1n) is 7.43. The van der Waals surface area contributed by atoms with Crippen LogP contribution in [0, 0.1) is 5.92 Å². The van der Waals surface area contributed by atoms with Crippen LogP contribution in [-0.2, 0) is 0 Å². The lowest BCUT2D eigenvalue weighted by Crippen LogP contribution is -2.36. The van der Waals surface area contributed by atoms with Gasteiger partial charge in [-0.25, -0.2) is 0 Å². The molecular weight excluding hydrogens is 270 g/mol. The fourth-order valence-electron chi connectivity index (χ4n) is 2.79. The third kappa shape index (κ3) is 4.62. The van der Waals surface area contributed by atoms with Gasteiger partial charge in [-0.3, -0.25) is 4.90 Å². The van der Waals surface area contributed by atoms with Gasteiger partial charge in [-0.05, 0) is 24.1 Å². The molecule has 1 unspecified atom stereocenters. The molecule has 1 aromatic rings. The summed E-state index contributed by atoms with van der Waals surface area (Å²) in [5.74, 6) is 0.262. The van der Waals surface area contributed by atoms with Crippen LogP contribution < -0.4 is 0 Å². The number of aliphatic hydroxyl groups is 1. The first kappa shape index (κ1) is 17.2. The molecule has 1 aliphatic heterocycles. The van der Waals surface area contributed by atoms with E-state index in [4.69, 9.17) is 0 Å². The summed E-state index contributed by atoms with van der Waals surface area (Å²) in [6, 6.07) is 10.5. The van der Waals surface area contributed by atoms with Crippen molar-refractivity contribution in [2.75, 3.05) is 26.2 Å². The topological polar surface area (TPSA) is 23.5 Å². The average Bonchev–Trinajstić information content (AvgIpc) is 2.48. The monoisotopic (exact) mass is 295 g/mol. The zero-order valence-corrected chi connectivity index (χ0v) is 13.1. The SMILES string of the molecule is CCCCCN1CC=C(c2ccccc2)C(CO)C1.Cl. The van der Waals surface area contributed by atoms with E-state index < -0.39 is 0 Å². The minimum Gasteiger partial charge on any atom is -0.396 e. The third-order valence-corrected chi connectivity index (χ3v) is 3.89. The molecule has 3 heteroatoms. The van der Waals surface area contributed by atoms with Crippen LogP contribution in [0.5, 0.6) is 0 Å². The molecule has 0 bridgehead atoms. The van der Waals surface area contributed by atoms with Crippen molar-refractivity contribution >= 4 is 18.0 Å². The van der Waals surface area contributed by atoms with Gasteiger partial charge in [-0.15, -0.1) is 12.4 Å². The summed E-state index contributed by atoms with van der Waals surface area (Å²) in [6.07, 6.45) is 6.13. The second kappa shape index (κ2) is 9.17. The van der Waals surface area contributed by atoms with E-state index in [1.54, 1.807) is 0 Å². The van der Waals surface area contributed by atoms with Crippen molar-refractivity contribution < 1.29 is 5.11 Å². The zero-order valence-electron chi connectivity index (χ0n) is 12.3. The molecule has 112 valence electrons. The van der Waals surface area contributed by atoms with Crippen molar-refractivity contribution in [3.05, 3.63) is 42.0 Å². The maximum atomic E-state index is 9.64. The molecule has 0 spiro atoms. The van der Waals surface area contributed by atoms with Crippen LogP contribution in [0.4, 0.5) is 0 Å². The number of nitrogens with zero attached hydrogens (tertiary/aromatic N) is 1. The molecule has 0 aliphatic carbocycles. The molecule has 0 aromatic heterocycles. The van der Waals surface area contributed by atoms with Gasteiger partial charge in [0.05, 0.1) is 6.61 Å². The Kier molecular flexibility index (Phi) is 7.90. The Balaban J connectivity index is 0.00000200. The van der Waals surface area contributed by atoms with E-state index in [-0.39, 0.29) is 24.9 Å². The molecule has 2 rings (SSSR count). The lowest BCUT2D eigenvalue weighted by atomic mass is 9.89. The quantitative estimate of drug-likeness (QED) is 0.811. The molecule has 1 heterocycles. The standard InChI is InChI=1S/C17H25NO.ClH/c1-2-3-7-11-18-12-10-17(16(13-18)14-19)15-8-5-4-6-9-15;/h4-6,8-10,16,19H,2-3,7,11-14H2,1H3;1H. The zero-order chi connectivity index (χ0) is 13.5. The van der Waals surface area contributed by atoms with Crippen molar-refractivity contribution in [3.63, 3.8) is 0 Å². The van der Waals surface area contributed by atoms with E-state index in [1.807, 2.05) is 6.07 Å². The lowest BCUT2D eigenvalue weighted by molar-refractivity contribution is 0.191. The Morgan fingerprint density at radius 1 is 1.20 bits per heavy atom. The van der Waals surface area contributed by atoms with Crippen LogP contribution in [0.25, 0.3) is 5.57 Å². The lowest BCUT2D eigenvalue weighted by Gasteiger charge is -2.32. The minimum atomic E-state index is 0. The van der Waals surface area contributed by atoms with E-state index in [9.17, 15) is 5.11 Å². The molecule has 20 heavy (non-hydrogen) atoms. The number of rotatable bonds is 6. The van der Waals surface area contributed by atoms with Gasteiger partial charge in [-0.2, -0.15) is 0 Å². The van der Waals surface area contributed by atoms with Crippen LogP contribution in [0.1, 0.15) is 31.7 Å². The number of halogens is 1. The maximum absolute atomic E-state index is 9.64. The van der Waals surface area contributed by atoms with Crippen LogP contribution in [0.3, 0.4) is 0 Å². The fraction of sp³-hybridized carbons (Fsp3) is 0.529. The van der Waals surface area contributed by atoms with Gasteiger partial charge in [-0.1, -0.05) is 56.2 Å². The van der Waals surface area contributed by atoms with Gasteiger partial charge >= 0.3 is 0 Å². The number of hydrogen-bond acceptors (Lipinski definition) is 2. The number of unbranched alkanes of at least 4 members (excludes halogenated alkanes) is 2. The molecule has 0 saturated carbocycles. The number of aliphatic hydroxyl groups excluding tert-OH is 1. The van der Waals surface area contributed by atoms with E-state index in [0.717, 1.165) is 19.6 Å². The van der Waals surface area contributed by atoms with Crippen molar-refractivity contribution in [1.29, 1.82) is 0 Å². The molecule has 1 aromatic carbocycles. The summed E-state index contributed by atoms with van der Waals surface area (Å²) in [5, 5.41) is 9.64. The summed E-state index contributed by atoms with van der Waals surface area (Å²) in [7, 11) is 0. The van der Waals surface area contributed by atoms with E-state index >= 15 is 0 Å². The van der Waals surface area contributed by atoms with Gasteiger partial charge in [0.15, 0.2) is 0 Å². The highest BCUT2D eigenvalue weighted by Crippen LogP contribution is 2.27. The predicted octanol–water partition coefficient (Wildman–Crippen LogP) is 3.61. The van der Waals surface area contributed by atoms with Crippen LogP contribution in [0.15, 0.2) is 36.4 Å². The summed E-state index contributed by atoms with van der Waals surface area (Å²) in [6.45, 7) is 5.64. The summed E-state index contributed by atoms with van der Waals surface area (Å²) >= 11 is 0. The summed E-state index contributed by atoms with van der Waals surface area (Å²) in [5.41, 5.74) is 2.57. The van der Waals surface area contributed by atoms with Gasteiger partial charge < -0.3 is 5.11 Å².